The second-order valence-corrected chi connectivity index (χ2v) is 6.08. The summed E-state index contributed by atoms with van der Waals surface area (Å²) in [7, 11) is 1.95. The molecule has 0 unspecified atom stereocenters. The zero-order valence-electron chi connectivity index (χ0n) is 14.9. The van der Waals surface area contributed by atoms with Crippen LogP contribution in [0.3, 0.4) is 0 Å². The van der Waals surface area contributed by atoms with Crippen molar-refractivity contribution in [2.45, 2.75) is 27.3 Å². The van der Waals surface area contributed by atoms with Gasteiger partial charge in [0.2, 0.25) is 5.91 Å². The molecule has 2 aromatic rings. The highest BCUT2D eigenvalue weighted by Crippen LogP contribution is 2.23. The van der Waals surface area contributed by atoms with Crippen LogP contribution in [-0.2, 0) is 11.3 Å². The van der Waals surface area contributed by atoms with Crippen molar-refractivity contribution in [1.29, 1.82) is 0 Å². The van der Waals surface area contributed by atoms with Crippen LogP contribution >= 0.6 is 0 Å². The van der Waals surface area contributed by atoms with Crippen molar-refractivity contribution >= 4 is 11.6 Å². The van der Waals surface area contributed by atoms with Gasteiger partial charge in [0.15, 0.2) is 0 Å². The molecule has 0 aromatic heterocycles. The quantitative estimate of drug-likeness (QED) is 0.842. The number of carbonyl (C=O) groups excluding carboxylic acids is 1. The first kappa shape index (κ1) is 18.0. The van der Waals surface area contributed by atoms with Crippen LogP contribution in [0.2, 0.25) is 0 Å². The molecule has 0 atom stereocenters. The van der Waals surface area contributed by atoms with Gasteiger partial charge in [-0.1, -0.05) is 35.9 Å². The van der Waals surface area contributed by atoms with Crippen LogP contribution in [0.5, 0.6) is 5.75 Å². The van der Waals surface area contributed by atoms with Gasteiger partial charge in [0.25, 0.3) is 0 Å². The summed E-state index contributed by atoms with van der Waals surface area (Å²) in [5.41, 5.74) is 4.46. The Morgan fingerprint density at radius 1 is 1.17 bits per heavy atom. The molecule has 0 saturated carbocycles. The molecule has 0 aliphatic rings. The molecule has 2 rings (SSSR count). The second-order valence-electron chi connectivity index (χ2n) is 6.08. The highest BCUT2D eigenvalue weighted by molar-refractivity contribution is 5.93. The molecule has 4 heteroatoms. The van der Waals surface area contributed by atoms with Crippen molar-refractivity contribution in [3.63, 3.8) is 0 Å². The van der Waals surface area contributed by atoms with E-state index in [1.807, 2.05) is 43.1 Å². The summed E-state index contributed by atoms with van der Waals surface area (Å²) in [4.78, 5) is 14.3. The number of hydrogen-bond donors (Lipinski definition) is 1. The minimum absolute atomic E-state index is 0.0468. The highest BCUT2D eigenvalue weighted by atomic mass is 16.5. The number of para-hydroxylation sites is 2. The van der Waals surface area contributed by atoms with Gasteiger partial charge >= 0.3 is 0 Å². The van der Waals surface area contributed by atoms with Crippen LogP contribution in [0.25, 0.3) is 0 Å². The lowest BCUT2D eigenvalue weighted by atomic mass is 10.1. The van der Waals surface area contributed by atoms with Crippen LogP contribution in [0.4, 0.5) is 5.69 Å². The number of anilines is 1. The van der Waals surface area contributed by atoms with Crippen molar-refractivity contribution in [1.82, 2.24) is 4.90 Å². The van der Waals surface area contributed by atoms with E-state index in [-0.39, 0.29) is 5.91 Å². The Morgan fingerprint density at radius 2 is 1.92 bits per heavy atom. The summed E-state index contributed by atoms with van der Waals surface area (Å²) >= 11 is 0. The molecule has 2 aromatic carbocycles. The predicted molar refractivity (Wildman–Crippen MR) is 98.5 cm³/mol. The third-order valence-corrected chi connectivity index (χ3v) is 3.81. The molecule has 0 saturated heterocycles. The maximum absolute atomic E-state index is 12.3. The summed E-state index contributed by atoms with van der Waals surface area (Å²) in [6.07, 6.45) is 0. The molecule has 0 spiro atoms. The number of likely N-dealkylation sites (N-methyl/N-ethyl adjacent to an activating group) is 1. The smallest absolute Gasteiger partial charge is 0.238 e. The summed E-state index contributed by atoms with van der Waals surface area (Å²) in [6.45, 7) is 7.76. The number of aryl methyl sites for hydroxylation is 2. The molecule has 0 fully saturated rings. The fraction of sp³-hybridized carbons (Fsp3) is 0.350. The fourth-order valence-corrected chi connectivity index (χ4v) is 2.66. The maximum Gasteiger partial charge on any atom is 0.238 e. The zero-order chi connectivity index (χ0) is 17.5. The average Bonchev–Trinajstić information content (AvgIpc) is 2.52. The van der Waals surface area contributed by atoms with Crippen LogP contribution < -0.4 is 10.1 Å². The number of rotatable bonds is 7. The molecule has 1 N–H and O–H groups in total. The number of nitrogens with zero attached hydrogens (tertiary/aromatic N) is 1. The summed E-state index contributed by atoms with van der Waals surface area (Å²) < 4.78 is 5.54. The number of benzene rings is 2. The topological polar surface area (TPSA) is 41.6 Å². The van der Waals surface area contributed by atoms with E-state index >= 15 is 0 Å². The van der Waals surface area contributed by atoms with E-state index in [2.05, 4.69) is 37.4 Å². The van der Waals surface area contributed by atoms with E-state index in [0.717, 1.165) is 6.54 Å². The summed E-state index contributed by atoms with van der Waals surface area (Å²) in [5.74, 6) is 0.653. The molecule has 0 aliphatic carbocycles. The molecule has 24 heavy (non-hydrogen) atoms. The number of nitrogens with one attached hydrogen (secondary N) is 1. The SMILES string of the molecule is CCOc1ccccc1NC(=O)CN(C)Cc1ccc(C)cc1C. The normalized spacial score (nSPS) is 10.7. The minimum Gasteiger partial charge on any atom is -0.492 e. The molecular weight excluding hydrogens is 300 g/mol. The van der Waals surface area contributed by atoms with Gasteiger partial charge in [-0.15, -0.1) is 0 Å². The van der Waals surface area contributed by atoms with E-state index in [4.69, 9.17) is 4.74 Å². The first-order valence-corrected chi connectivity index (χ1v) is 8.26. The van der Waals surface area contributed by atoms with Crippen molar-refractivity contribution in [3.8, 4) is 5.75 Å². The molecular formula is C20H26N2O2. The van der Waals surface area contributed by atoms with Gasteiger partial charge in [-0.05, 0) is 51.1 Å². The van der Waals surface area contributed by atoms with E-state index in [9.17, 15) is 4.79 Å². The third kappa shape index (κ3) is 5.10. The summed E-state index contributed by atoms with van der Waals surface area (Å²) in [6, 6.07) is 13.9. The highest BCUT2D eigenvalue weighted by Gasteiger charge is 2.11. The van der Waals surface area contributed by atoms with Gasteiger partial charge in [-0.25, -0.2) is 0 Å². The minimum atomic E-state index is -0.0468. The van der Waals surface area contributed by atoms with Crippen LogP contribution in [0, 0.1) is 13.8 Å². The van der Waals surface area contributed by atoms with Crippen LogP contribution in [0.1, 0.15) is 23.6 Å². The standard InChI is InChI=1S/C20H26N2O2/c1-5-24-19-9-7-6-8-18(19)21-20(23)14-22(4)13-17-11-10-15(2)12-16(17)3/h6-12H,5,13-14H2,1-4H3,(H,21,23). The van der Waals surface area contributed by atoms with Crippen LogP contribution in [-0.4, -0.2) is 31.0 Å². The average molecular weight is 326 g/mol. The van der Waals surface area contributed by atoms with Gasteiger partial charge in [0.05, 0.1) is 18.8 Å². The Balaban J connectivity index is 1.94. The van der Waals surface area contributed by atoms with E-state index in [0.29, 0.717) is 24.6 Å². The molecule has 0 bridgehead atoms. The molecule has 0 radical (unpaired) electrons. The lowest BCUT2D eigenvalue weighted by Crippen LogP contribution is -2.30. The molecule has 0 heterocycles. The maximum atomic E-state index is 12.3. The number of carbonyl (C=O) groups is 1. The van der Waals surface area contributed by atoms with Crippen molar-refractivity contribution in [3.05, 3.63) is 59.2 Å². The zero-order valence-corrected chi connectivity index (χ0v) is 14.9. The Hall–Kier alpha value is -2.33. The Kier molecular flexibility index (Phi) is 6.38. The lowest BCUT2D eigenvalue weighted by molar-refractivity contribution is -0.117. The fourth-order valence-electron chi connectivity index (χ4n) is 2.66. The van der Waals surface area contributed by atoms with Gasteiger partial charge in [-0.3, -0.25) is 9.69 Å². The molecule has 0 aliphatic heterocycles. The van der Waals surface area contributed by atoms with E-state index in [1.165, 1.54) is 16.7 Å². The summed E-state index contributed by atoms with van der Waals surface area (Å²) in [5, 5.41) is 2.93. The second kappa shape index (κ2) is 8.50. The van der Waals surface area contributed by atoms with Crippen LogP contribution in [0.15, 0.2) is 42.5 Å². The number of ether oxygens (including phenoxy) is 1. The van der Waals surface area contributed by atoms with Gasteiger partial charge in [-0.2, -0.15) is 0 Å². The molecule has 4 nitrogen and oxygen atoms in total. The van der Waals surface area contributed by atoms with Crippen molar-refractivity contribution < 1.29 is 9.53 Å². The first-order valence-electron chi connectivity index (χ1n) is 8.26. The van der Waals surface area contributed by atoms with Gasteiger partial charge in [0.1, 0.15) is 5.75 Å². The van der Waals surface area contributed by atoms with E-state index in [1.54, 1.807) is 0 Å². The van der Waals surface area contributed by atoms with E-state index < -0.39 is 0 Å². The third-order valence-electron chi connectivity index (χ3n) is 3.81. The first-order chi connectivity index (χ1) is 11.5. The lowest BCUT2D eigenvalue weighted by Gasteiger charge is -2.18. The number of hydrogen-bond acceptors (Lipinski definition) is 3. The van der Waals surface area contributed by atoms with Crippen molar-refractivity contribution in [2.24, 2.45) is 0 Å². The largest absolute Gasteiger partial charge is 0.492 e. The van der Waals surface area contributed by atoms with Gasteiger partial charge in [0, 0.05) is 6.54 Å². The Morgan fingerprint density at radius 3 is 2.62 bits per heavy atom. The number of amides is 1. The molecule has 128 valence electrons. The predicted octanol–water partition coefficient (Wildman–Crippen LogP) is 3.77. The molecule has 1 amide bonds. The Bertz CT molecular complexity index is 698. The Labute approximate surface area is 144 Å². The van der Waals surface area contributed by atoms with Crippen molar-refractivity contribution in [2.75, 3.05) is 25.5 Å². The van der Waals surface area contributed by atoms with Gasteiger partial charge < -0.3 is 10.1 Å². The monoisotopic (exact) mass is 326 g/mol.